The smallest absolute Gasteiger partial charge is 0.253 e. The summed E-state index contributed by atoms with van der Waals surface area (Å²) in [6.07, 6.45) is 4.69. The molecule has 2 heterocycles. The van der Waals surface area contributed by atoms with Crippen molar-refractivity contribution in [1.82, 2.24) is 14.9 Å². The van der Waals surface area contributed by atoms with E-state index in [1.54, 1.807) is 35.4 Å². The van der Waals surface area contributed by atoms with Gasteiger partial charge in [0, 0.05) is 17.1 Å². The number of piperidine rings is 1. The molecule has 3 rings (SSSR count). The Morgan fingerprint density at radius 2 is 2.00 bits per heavy atom. The van der Waals surface area contributed by atoms with Crippen molar-refractivity contribution >= 4 is 17.5 Å². The van der Waals surface area contributed by atoms with Crippen LogP contribution in [0, 0.1) is 0 Å². The minimum atomic E-state index is -0.114. The molecule has 1 aliphatic heterocycles. The van der Waals surface area contributed by atoms with Crippen molar-refractivity contribution in [3.8, 4) is 11.8 Å². The number of nitrogens with zero attached hydrogens (tertiary/aromatic N) is 3. The van der Waals surface area contributed by atoms with E-state index in [2.05, 4.69) is 9.97 Å². The summed E-state index contributed by atoms with van der Waals surface area (Å²) in [5.41, 5.74) is 0.626. The fraction of sp³-hybridized carbons (Fsp3) is 0.353. The van der Waals surface area contributed by atoms with Gasteiger partial charge in [-0.15, -0.1) is 0 Å². The second-order valence-corrected chi connectivity index (χ2v) is 5.98. The van der Waals surface area contributed by atoms with Gasteiger partial charge >= 0.3 is 0 Å². The van der Waals surface area contributed by atoms with E-state index in [4.69, 9.17) is 21.1 Å². The maximum atomic E-state index is 12.6. The van der Waals surface area contributed by atoms with Crippen LogP contribution >= 0.6 is 11.6 Å². The lowest BCUT2D eigenvalue weighted by atomic mass is 10.1. The highest BCUT2D eigenvalue weighted by Crippen LogP contribution is 2.20. The molecule has 0 spiro atoms. The fourth-order valence-corrected chi connectivity index (χ4v) is 2.78. The van der Waals surface area contributed by atoms with Gasteiger partial charge in [-0.3, -0.25) is 9.78 Å². The quantitative estimate of drug-likeness (QED) is 0.851. The molecule has 0 aliphatic carbocycles. The Morgan fingerprint density at radius 1 is 1.25 bits per heavy atom. The Hall–Kier alpha value is -2.34. The van der Waals surface area contributed by atoms with Gasteiger partial charge in [0.1, 0.15) is 6.10 Å². The Labute approximate surface area is 145 Å². The van der Waals surface area contributed by atoms with Gasteiger partial charge < -0.3 is 14.4 Å². The number of methoxy groups -OCH3 is 1. The zero-order valence-electron chi connectivity index (χ0n) is 13.3. The first kappa shape index (κ1) is 16.5. The first-order valence-electron chi connectivity index (χ1n) is 7.73. The van der Waals surface area contributed by atoms with E-state index in [1.165, 1.54) is 13.3 Å². The normalized spacial score (nSPS) is 17.4. The number of halogens is 1. The average molecular weight is 348 g/mol. The van der Waals surface area contributed by atoms with Crippen molar-refractivity contribution in [2.75, 3.05) is 20.2 Å². The van der Waals surface area contributed by atoms with Crippen molar-refractivity contribution < 1.29 is 14.3 Å². The molecule has 1 aromatic carbocycles. The summed E-state index contributed by atoms with van der Waals surface area (Å²) in [6.45, 7) is 1.23. The molecule has 7 heteroatoms. The van der Waals surface area contributed by atoms with Crippen LogP contribution in [0.2, 0.25) is 5.02 Å². The number of likely N-dealkylation sites (tertiary alicyclic amines) is 1. The summed E-state index contributed by atoms with van der Waals surface area (Å²) in [5, 5.41) is 0.614. The summed E-state index contributed by atoms with van der Waals surface area (Å²) in [6, 6.07) is 6.92. The predicted molar refractivity (Wildman–Crippen MR) is 89.6 cm³/mol. The number of ether oxygens (including phenoxy) is 2. The van der Waals surface area contributed by atoms with Crippen molar-refractivity contribution in [2.45, 2.75) is 18.9 Å². The fourth-order valence-electron chi connectivity index (χ4n) is 2.65. The van der Waals surface area contributed by atoms with Gasteiger partial charge in [-0.05, 0) is 37.1 Å². The summed E-state index contributed by atoms with van der Waals surface area (Å²) in [4.78, 5) is 22.6. The van der Waals surface area contributed by atoms with Gasteiger partial charge in [0.15, 0.2) is 0 Å². The van der Waals surface area contributed by atoms with Gasteiger partial charge in [-0.25, -0.2) is 0 Å². The highest BCUT2D eigenvalue weighted by Gasteiger charge is 2.26. The predicted octanol–water partition coefficient (Wildman–Crippen LogP) is 2.82. The van der Waals surface area contributed by atoms with Crippen LogP contribution in [-0.4, -0.2) is 47.1 Å². The maximum Gasteiger partial charge on any atom is 0.253 e. The molecule has 1 saturated heterocycles. The largest absolute Gasteiger partial charge is 0.480 e. The molecule has 2 aromatic rings. The highest BCUT2D eigenvalue weighted by atomic mass is 35.5. The minimum absolute atomic E-state index is 0.0170. The summed E-state index contributed by atoms with van der Waals surface area (Å²) in [5.74, 6) is 0.786. The average Bonchev–Trinajstić information content (AvgIpc) is 2.62. The van der Waals surface area contributed by atoms with E-state index in [1.807, 2.05) is 0 Å². The van der Waals surface area contributed by atoms with E-state index in [0.29, 0.717) is 35.4 Å². The highest BCUT2D eigenvalue weighted by molar-refractivity contribution is 6.30. The monoisotopic (exact) mass is 347 g/mol. The van der Waals surface area contributed by atoms with E-state index in [0.717, 1.165) is 12.8 Å². The van der Waals surface area contributed by atoms with Crippen LogP contribution in [0.4, 0.5) is 0 Å². The second-order valence-electron chi connectivity index (χ2n) is 5.54. The van der Waals surface area contributed by atoms with Gasteiger partial charge in [0.2, 0.25) is 11.8 Å². The molecule has 6 nitrogen and oxygen atoms in total. The molecule has 126 valence electrons. The molecular weight excluding hydrogens is 330 g/mol. The van der Waals surface area contributed by atoms with E-state index in [-0.39, 0.29) is 12.0 Å². The molecule has 1 aliphatic rings. The van der Waals surface area contributed by atoms with E-state index >= 15 is 0 Å². The van der Waals surface area contributed by atoms with Crippen LogP contribution in [0.3, 0.4) is 0 Å². The lowest BCUT2D eigenvalue weighted by Gasteiger charge is -2.32. The Kier molecular flexibility index (Phi) is 5.15. The van der Waals surface area contributed by atoms with Crippen molar-refractivity contribution in [3.05, 3.63) is 47.2 Å². The Morgan fingerprint density at radius 3 is 2.75 bits per heavy atom. The number of benzene rings is 1. The molecule has 0 radical (unpaired) electrons. The SMILES string of the molecule is COc1cncc(OC2CCCN(C(=O)c3ccc(Cl)cc3)C2)n1. The molecule has 1 aromatic heterocycles. The van der Waals surface area contributed by atoms with E-state index < -0.39 is 0 Å². The first-order valence-corrected chi connectivity index (χ1v) is 8.11. The molecule has 24 heavy (non-hydrogen) atoms. The molecule has 1 atom stereocenters. The molecule has 1 amide bonds. The number of hydrogen-bond acceptors (Lipinski definition) is 5. The number of amides is 1. The number of rotatable bonds is 4. The van der Waals surface area contributed by atoms with Gasteiger partial charge in [0.25, 0.3) is 5.91 Å². The van der Waals surface area contributed by atoms with Crippen LogP contribution in [0.25, 0.3) is 0 Å². The lowest BCUT2D eigenvalue weighted by Crippen LogP contribution is -2.44. The third-order valence-corrected chi connectivity index (χ3v) is 4.10. The topological polar surface area (TPSA) is 64.6 Å². The van der Waals surface area contributed by atoms with Crippen LogP contribution < -0.4 is 9.47 Å². The molecular formula is C17H18ClN3O3. The van der Waals surface area contributed by atoms with Crippen LogP contribution in [-0.2, 0) is 0 Å². The first-order chi connectivity index (χ1) is 11.7. The lowest BCUT2D eigenvalue weighted by molar-refractivity contribution is 0.0525. The van der Waals surface area contributed by atoms with Crippen LogP contribution in [0.5, 0.6) is 11.8 Å². The van der Waals surface area contributed by atoms with Crippen LogP contribution in [0.1, 0.15) is 23.2 Å². The molecule has 1 fully saturated rings. The van der Waals surface area contributed by atoms with Crippen LogP contribution in [0.15, 0.2) is 36.7 Å². The van der Waals surface area contributed by atoms with Gasteiger partial charge in [0.05, 0.1) is 26.0 Å². The number of aromatic nitrogens is 2. The number of hydrogen-bond donors (Lipinski definition) is 0. The molecule has 0 saturated carbocycles. The summed E-state index contributed by atoms with van der Waals surface area (Å²) >= 11 is 5.87. The van der Waals surface area contributed by atoms with E-state index in [9.17, 15) is 4.79 Å². The van der Waals surface area contributed by atoms with Crippen molar-refractivity contribution in [2.24, 2.45) is 0 Å². The Bertz CT molecular complexity index is 708. The third kappa shape index (κ3) is 3.94. The van der Waals surface area contributed by atoms with Gasteiger partial charge in [-0.2, -0.15) is 4.98 Å². The second kappa shape index (κ2) is 7.49. The molecule has 0 bridgehead atoms. The van der Waals surface area contributed by atoms with Crippen molar-refractivity contribution in [1.29, 1.82) is 0 Å². The standard InChI is InChI=1S/C17H18ClN3O3/c1-23-15-9-19-10-16(20-15)24-14-3-2-8-21(11-14)17(22)12-4-6-13(18)7-5-12/h4-7,9-10,14H,2-3,8,11H2,1H3. The summed E-state index contributed by atoms with van der Waals surface area (Å²) < 4.78 is 10.9. The number of carbonyl (C=O) groups excluding carboxylic acids is 1. The minimum Gasteiger partial charge on any atom is -0.480 e. The van der Waals surface area contributed by atoms with Gasteiger partial charge in [-0.1, -0.05) is 11.6 Å². The summed E-state index contributed by atoms with van der Waals surface area (Å²) in [7, 11) is 1.53. The molecule has 1 unspecified atom stereocenters. The number of carbonyl (C=O) groups is 1. The molecule has 0 N–H and O–H groups in total. The Balaban J connectivity index is 1.65. The maximum absolute atomic E-state index is 12.6. The third-order valence-electron chi connectivity index (χ3n) is 3.84. The zero-order valence-corrected chi connectivity index (χ0v) is 14.1. The van der Waals surface area contributed by atoms with Crippen molar-refractivity contribution in [3.63, 3.8) is 0 Å². The zero-order chi connectivity index (χ0) is 16.9.